The molecule has 0 aliphatic carbocycles. The van der Waals surface area contributed by atoms with E-state index in [0.29, 0.717) is 15.9 Å². The predicted molar refractivity (Wildman–Crippen MR) is 87.4 cm³/mol. The molecule has 112 valence electrons. The number of hydrogen-bond donors (Lipinski definition) is 1. The Morgan fingerprint density at radius 1 is 1.50 bits per heavy atom. The fourth-order valence-corrected chi connectivity index (χ4v) is 6.05. The van der Waals surface area contributed by atoms with E-state index < -0.39 is 10.0 Å². The minimum Gasteiger partial charge on any atom is -0.326 e. The number of halogens is 1. The Balaban J connectivity index is 2.45. The summed E-state index contributed by atoms with van der Waals surface area (Å²) >= 11 is 5.20. The van der Waals surface area contributed by atoms with Crippen molar-refractivity contribution in [3.8, 4) is 0 Å². The third-order valence-electron chi connectivity index (χ3n) is 3.59. The summed E-state index contributed by atoms with van der Waals surface area (Å²) in [6, 6.07) is 3.67. The maximum atomic E-state index is 12.8. The first-order chi connectivity index (χ1) is 9.37. The molecule has 2 N–H and O–H groups in total. The molecule has 1 fully saturated rings. The third kappa shape index (κ3) is 3.06. The van der Waals surface area contributed by atoms with Crippen molar-refractivity contribution in [2.75, 3.05) is 18.6 Å². The van der Waals surface area contributed by atoms with Gasteiger partial charge >= 0.3 is 0 Å². The molecule has 2 rings (SSSR count). The largest absolute Gasteiger partial charge is 0.326 e. The smallest absolute Gasteiger partial charge is 0.244 e. The Kier molecular flexibility index (Phi) is 5.18. The monoisotopic (exact) mass is 378 g/mol. The number of aryl methyl sites for hydroxylation is 1. The van der Waals surface area contributed by atoms with Gasteiger partial charge in [0.25, 0.3) is 0 Å². The Bertz CT molecular complexity index is 599. The van der Waals surface area contributed by atoms with Crippen LogP contribution in [-0.2, 0) is 16.6 Å². The third-order valence-corrected chi connectivity index (χ3v) is 7.99. The first kappa shape index (κ1) is 16.3. The second-order valence-electron chi connectivity index (χ2n) is 4.97. The number of hydrogen-bond acceptors (Lipinski definition) is 4. The van der Waals surface area contributed by atoms with E-state index in [9.17, 15) is 8.42 Å². The Hall–Kier alpha value is -0.0800. The van der Waals surface area contributed by atoms with Crippen LogP contribution in [0.1, 0.15) is 17.5 Å². The van der Waals surface area contributed by atoms with Crippen molar-refractivity contribution in [2.45, 2.75) is 30.8 Å². The quantitative estimate of drug-likeness (QED) is 0.872. The van der Waals surface area contributed by atoms with Crippen molar-refractivity contribution in [3.05, 3.63) is 27.7 Å². The van der Waals surface area contributed by atoms with Crippen LogP contribution in [0.4, 0.5) is 0 Å². The molecular formula is C13H19BrN2O2S2. The molecular weight excluding hydrogens is 360 g/mol. The molecule has 1 atom stereocenters. The first-order valence-corrected chi connectivity index (χ1v) is 9.81. The van der Waals surface area contributed by atoms with E-state index in [1.807, 2.05) is 13.0 Å². The molecule has 0 bridgehead atoms. The number of nitrogens with two attached hydrogens (primary N) is 1. The molecule has 0 spiro atoms. The normalized spacial score (nSPS) is 19.8. The maximum absolute atomic E-state index is 12.8. The second-order valence-corrected chi connectivity index (χ2v) is 8.88. The molecule has 1 unspecified atom stereocenters. The molecule has 1 aromatic rings. The van der Waals surface area contributed by atoms with E-state index in [2.05, 4.69) is 15.9 Å². The van der Waals surface area contributed by atoms with Gasteiger partial charge in [-0.25, -0.2) is 8.42 Å². The number of thioether (sulfide) groups is 1. The van der Waals surface area contributed by atoms with Crippen LogP contribution in [0, 0.1) is 6.92 Å². The lowest BCUT2D eigenvalue weighted by atomic mass is 10.1. The Morgan fingerprint density at radius 3 is 2.75 bits per heavy atom. The molecule has 1 aromatic carbocycles. The lowest BCUT2D eigenvalue weighted by Crippen LogP contribution is -2.37. The van der Waals surface area contributed by atoms with E-state index >= 15 is 0 Å². The maximum Gasteiger partial charge on any atom is 0.244 e. The summed E-state index contributed by atoms with van der Waals surface area (Å²) in [6.45, 7) is 2.22. The molecule has 0 amide bonds. The van der Waals surface area contributed by atoms with Gasteiger partial charge in [-0.3, -0.25) is 0 Å². The van der Waals surface area contributed by atoms with E-state index in [-0.39, 0.29) is 6.04 Å². The van der Waals surface area contributed by atoms with Crippen LogP contribution in [0.5, 0.6) is 0 Å². The minimum atomic E-state index is -3.49. The highest BCUT2D eigenvalue weighted by molar-refractivity contribution is 9.10. The van der Waals surface area contributed by atoms with E-state index in [1.54, 1.807) is 24.9 Å². The molecule has 1 aliphatic heterocycles. The number of benzene rings is 1. The fourth-order valence-electron chi connectivity index (χ4n) is 2.27. The van der Waals surface area contributed by atoms with Crippen molar-refractivity contribution in [1.82, 2.24) is 4.31 Å². The van der Waals surface area contributed by atoms with Gasteiger partial charge in [-0.2, -0.15) is 16.1 Å². The van der Waals surface area contributed by atoms with Gasteiger partial charge in [-0.05, 0) is 52.2 Å². The van der Waals surface area contributed by atoms with E-state index in [0.717, 1.165) is 29.1 Å². The van der Waals surface area contributed by atoms with Crippen LogP contribution in [0.3, 0.4) is 0 Å². The molecule has 0 saturated carbocycles. The summed E-state index contributed by atoms with van der Waals surface area (Å²) in [6.07, 6.45) is 0.910. The first-order valence-electron chi connectivity index (χ1n) is 6.42. The lowest BCUT2D eigenvalue weighted by molar-refractivity contribution is 0.394. The van der Waals surface area contributed by atoms with Crippen LogP contribution in [-0.4, -0.2) is 37.3 Å². The molecule has 20 heavy (non-hydrogen) atoms. The average Bonchev–Trinajstić information content (AvgIpc) is 2.94. The fraction of sp³-hybridized carbons (Fsp3) is 0.538. The molecule has 0 radical (unpaired) electrons. The molecule has 1 aliphatic rings. The van der Waals surface area contributed by atoms with Gasteiger partial charge < -0.3 is 5.73 Å². The van der Waals surface area contributed by atoms with Crippen LogP contribution in [0.15, 0.2) is 21.5 Å². The predicted octanol–water partition coefficient (Wildman–Crippen LogP) is 2.34. The second kappa shape index (κ2) is 6.36. The van der Waals surface area contributed by atoms with Gasteiger partial charge in [-0.15, -0.1) is 0 Å². The van der Waals surface area contributed by atoms with Gasteiger partial charge in [0.2, 0.25) is 10.0 Å². The zero-order chi connectivity index (χ0) is 14.9. The van der Waals surface area contributed by atoms with Gasteiger partial charge in [0.1, 0.15) is 0 Å². The minimum absolute atomic E-state index is 0.0822. The van der Waals surface area contributed by atoms with E-state index in [1.165, 1.54) is 4.31 Å². The Labute approximate surface area is 133 Å². The summed E-state index contributed by atoms with van der Waals surface area (Å²) in [7, 11) is -1.82. The van der Waals surface area contributed by atoms with Gasteiger partial charge in [0.05, 0.1) is 4.90 Å². The molecule has 4 nitrogen and oxygen atoms in total. The average molecular weight is 379 g/mol. The van der Waals surface area contributed by atoms with Crippen molar-refractivity contribution >= 4 is 37.7 Å². The Morgan fingerprint density at radius 2 is 2.20 bits per heavy atom. The summed E-state index contributed by atoms with van der Waals surface area (Å²) in [5.41, 5.74) is 7.37. The van der Waals surface area contributed by atoms with Crippen molar-refractivity contribution in [2.24, 2.45) is 5.73 Å². The van der Waals surface area contributed by atoms with Gasteiger partial charge in [0.15, 0.2) is 0 Å². The van der Waals surface area contributed by atoms with Crippen LogP contribution in [0.2, 0.25) is 0 Å². The van der Waals surface area contributed by atoms with Crippen LogP contribution < -0.4 is 5.73 Å². The lowest BCUT2D eigenvalue weighted by Gasteiger charge is -2.24. The number of nitrogens with zero attached hydrogens (tertiary/aromatic N) is 1. The summed E-state index contributed by atoms with van der Waals surface area (Å²) in [5.74, 6) is 1.89. The van der Waals surface area contributed by atoms with Crippen LogP contribution >= 0.6 is 27.7 Å². The highest BCUT2D eigenvalue weighted by atomic mass is 79.9. The highest BCUT2D eigenvalue weighted by Gasteiger charge is 2.32. The number of rotatable bonds is 4. The number of sulfonamides is 1. The molecule has 1 saturated heterocycles. The van der Waals surface area contributed by atoms with Gasteiger partial charge in [0, 0.05) is 29.9 Å². The van der Waals surface area contributed by atoms with Crippen molar-refractivity contribution in [1.29, 1.82) is 0 Å². The SMILES string of the molecule is Cc1cc(CN)cc(S(=O)(=O)N(C)C2CCSC2)c1Br. The topological polar surface area (TPSA) is 63.4 Å². The molecule has 1 heterocycles. The standard InChI is InChI=1S/C13H19BrN2O2S2/c1-9-5-10(7-15)6-12(13(9)14)20(17,18)16(2)11-3-4-19-8-11/h5-6,11H,3-4,7-8,15H2,1-2H3. The van der Waals surface area contributed by atoms with Gasteiger partial charge in [-0.1, -0.05) is 6.07 Å². The highest BCUT2D eigenvalue weighted by Crippen LogP contribution is 2.32. The summed E-state index contributed by atoms with van der Waals surface area (Å²) < 4.78 is 27.8. The van der Waals surface area contributed by atoms with Crippen molar-refractivity contribution in [3.63, 3.8) is 0 Å². The summed E-state index contributed by atoms with van der Waals surface area (Å²) in [4.78, 5) is 0.317. The summed E-state index contributed by atoms with van der Waals surface area (Å²) in [5, 5.41) is 0. The zero-order valence-electron chi connectivity index (χ0n) is 11.6. The molecule has 7 heteroatoms. The zero-order valence-corrected chi connectivity index (χ0v) is 14.8. The van der Waals surface area contributed by atoms with Crippen molar-refractivity contribution < 1.29 is 8.42 Å². The molecule has 0 aromatic heterocycles. The van der Waals surface area contributed by atoms with Crippen LogP contribution in [0.25, 0.3) is 0 Å². The van der Waals surface area contributed by atoms with E-state index in [4.69, 9.17) is 5.73 Å².